The SMILES string of the molecule is CN1C=Cc2ccccc2[C@H]1C([C@@H]1c2ccccc2C=CN1C)[N+](=O)[O-]. The van der Waals surface area contributed by atoms with Crippen molar-refractivity contribution in [3.63, 3.8) is 0 Å². The molecule has 5 nitrogen and oxygen atoms in total. The Hall–Kier alpha value is -3.08. The van der Waals surface area contributed by atoms with E-state index in [9.17, 15) is 10.1 Å². The van der Waals surface area contributed by atoms with Crippen molar-refractivity contribution in [1.82, 2.24) is 9.80 Å². The minimum Gasteiger partial charge on any atom is -0.367 e. The van der Waals surface area contributed by atoms with Gasteiger partial charge in [0.05, 0.1) is 0 Å². The second-order valence-electron chi connectivity index (χ2n) is 6.89. The molecule has 2 aromatic carbocycles. The monoisotopic (exact) mass is 347 g/mol. The van der Waals surface area contributed by atoms with Crippen molar-refractivity contribution >= 4 is 12.2 Å². The zero-order valence-corrected chi connectivity index (χ0v) is 14.8. The summed E-state index contributed by atoms with van der Waals surface area (Å²) >= 11 is 0. The minimum atomic E-state index is -0.804. The van der Waals surface area contributed by atoms with E-state index in [0.29, 0.717) is 0 Å². The van der Waals surface area contributed by atoms with Crippen molar-refractivity contribution in [2.75, 3.05) is 14.1 Å². The summed E-state index contributed by atoms with van der Waals surface area (Å²) < 4.78 is 0. The molecule has 132 valence electrons. The quantitative estimate of drug-likeness (QED) is 0.623. The van der Waals surface area contributed by atoms with Gasteiger partial charge in [-0.15, -0.1) is 0 Å². The van der Waals surface area contributed by atoms with E-state index in [1.54, 1.807) is 0 Å². The van der Waals surface area contributed by atoms with E-state index in [1.165, 1.54) is 0 Å². The van der Waals surface area contributed by atoms with Crippen LogP contribution in [0.1, 0.15) is 34.3 Å². The Morgan fingerprint density at radius 1 is 0.846 bits per heavy atom. The topological polar surface area (TPSA) is 49.6 Å². The number of nitro groups is 1. The summed E-state index contributed by atoms with van der Waals surface area (Å²) in [5, 5.41) is 12.3. The van der Waals surface area contributed by atoms with E-state index < -0.39 is 6.04 Å². The van der Waals surface area contributed by atoms with E-state index in [-0.39, 0.29) is 17.0 Å². The molecule has 0 N–H and O–H groups in total. The predicted octanol–water partition coefficient (Wildman–Crippen LogP) is 3.95. The Bertz CT molecular complexity index is 838. The molecule has 0 aliphatic carbocycles. The molecule has 0 saturated carbocycles. The van der Waals surface area contributed by atoms with Crippen molar-refractivity contribution in [1.29, 1.82) is 0 Å². The summed E-state index contributed by atoms with van der Waals surface area (Å²) in [6, 6.07) is 14.4. The fourth-order valence-corrected chi connectivity index (χ4v) is 4.14. The van der Waals surface area contributed by atoms with E-state index >= 15 is 0 Å². The molecule has 0 amide bonds. The second kappa shape index (κ2) is 6.33. The lowest BCUT2D eigenvalue weighted by Gasteiger charge is -2.40. The van der Waals surface area contributed by atoms with Crippen LogP contribution in [-0.2, 0) is 0 Å². The molecule has 2 aliphatic rings. The van der Waals surface area contributed by atoms with Crippen LogP contribution < -0.4 is 0 Å². The zero-order chi connectivity index (χ0) is 18.3. The molecule has 0 radical (unpaired) electrons. The molecule has 26 heavy (non-hydrogen) atoms. The third-order valence-corrected chi connectivity index (χ3v) is 5.38. The smallest absolute Gasteiger partial charge is 0.261 e. The lowest BCUT2D eigenvalue weighted by Crippen LogP contribution is -2.46. The van der Waals surface area contributed by atoms with Gasteiger partial charge >= 0.3 is 0 Å². The highest BCUT2D eigenvalue weighted by Crippen LogP contribution is 2.42. The number of rotatable bonds is 3. The Kier molecular flexibility index (Phi) is 3.99. The summed E-state index contributed by atoms with van der Waals surface area (Å²) in [6.07, 6.45) is 7.91. The van der Waals surface area contributed by atoms with Crippen LogP contribution >= 0.6 is 0 Å². The minimum absolute atomic E-state index is 0.117. The highest BCUT2D eigenvalue weighted by Gasteiger charge is 2.46. The van der Waals surface area contributed by atoms with Crippen molar-refractivity contribution in [2.45, 2.75) is 18.1 Å². The third kappa shape index (κ3) is 2.56. The van der Waals surface area contributed by atoms with Crippen molar-refractivity contribution in [3.8, 4) is 0 Å². The number of fused-ring (bicyclic) bond motifs is 2. The van der Waals surface area contributed by atoms with Crippen LogP contribution in [-0.4, -0.2) is 34.9 Å². The molecule has 5 heteroatoms. The molecule has 0 spiro atoms. The van der Waals surface area contributed by atoms with Crippen LogP contribution in [0.3, 0.4) is 0 Å². The predicted molar refractivity (Wildman–Crippen MR) is 103 cm³/mol. The van der Waals surface area contributed by atoms with Crippen molar-refractivity contribution < 1.29 is 4.92 Å². The lowest BCUT2D eigenvalue weighted by molar-refractivity contribution is -0.539. The number of hydrogen-bond donors (Lipinski definition) is 0. The molecule has 0 bridgehead atoms. The van der Waals surface area contributed by atoms with E-state index in [1.807, 2.05) is 97.0 Å². The normalized spacial score (nSPS) is 20.9. The Balaban J connectivity index is 1.86. The van der Waals surface area contributed by atoms with Gasteiger partial charge in [-0.05, 0) is 34.4 Å². The van der Waals surface area contributed by atoms with Gasteiger partial charge in [0.25, 0.3) is 6.04 Å². The maximum atomic E-state index is 12.3. The van der Waals surface area contributed by atoms with Gasteiger partial charge in [0.1, 0.15) is 12.1 Å². The average Bonchev–Trinajstić information content (AvgIpc) is 2.65. The van der Waals surface area contributed by atoms with Crippen LogP contribution in [0.5, 0.6) is 0 Å². The van der Waals surface area contributed by atoms with Gasteiger partial charge in [0.2, 0.25) is 0 Å². The van der Waals surface area contributed by atoms with Gasteiger partial charge < -0.3 is 9.80 Å². The largest absolute Gasteiger partial charge is 0.367 e. The summed E-state index contributed by atoms with van der Waals surface area (Å²) in [6.45, 7) is 0. The summed E-state index contributed by atoms with van der Waals surface area (Å²) in [5.41, 5.74) is 4.09. The first-order chi connectivity index (χ1) is 12.6. The summed E-state index contributed by atoms with van der Waals surface area (Å²) in [4.78, 5) is 16.1. The molecule has 2 aromatic rings. The fourth-order valence-electron chi connectivity index (χ4n) is 4.14. The van der Waals surface area contributed by atoms with Crippen molar-refractivity contribution in [3.05, 3.63) is 93.3 Å². The third-order valence-electron chi connectivity index (χ3n) is 5.38. The van der Waals surface area contributed by atoms with E-state index in [2.05, 4.69) is 0 Å². The zero-order valence-electron chi connectivity index (χ0n) is 14.8. The van der Waals surface area contributed by atoms with Crippen molar-refractivity contribution in [2.24, 2.45) is 0 Å². The van der Waals surface area contributed by atoms with Crippen LogP contribution in [0.15, 0.2) is 60.9 Å². The number of benzene rings is 2. The molecule has 0 saturated heterocycles. The van der Waals surface area contributed by atoms with E-state index in [0.717, 1.165) is 22.3 Å². The second-order valence-corrected chi connectivity index (χ2v) is 6.89. The average molecular weight is 347 g/mol. The van der Waals surface area contributed by atoms with Crippen LogP contribution in [0.4, 0.5) is 0 Å². The standard InChI is InChI=1S/C21H21N3O2/c1-22-13-11-15-7-3-5-9-17(15)19(22)21(24(25)26)20-18-10-6-4-8-16(18)12-14-23(20)2/h3-14,19-21H,1-2H3/t19-,20-/m0/s1. The van der Waals surface area contributed by atoms with Crippen LogP contribution in [0.2, 0.25) is 0 Å². The summed E-state index contributed by atoms with van der Waals surface area (Å²) in [5.74, 6) is 0. The summed E-state index contributed by atoms with van der Waals surface area (Å²) in [7, 11) is 3.83. The first kappa shape index (κ1) is 16.4. The van der Waals surface area contributed by atoms with Crippen LogP contribution in [0.25, 0.3) is 12.2 Å². The first-order valence-electron chi connectivity index (χ1n) is 8.69. The Labute approximate surface area is 153 Å². The molecule has 2 aliphatic heterocycles. The molecular weight excluding hydrogens is 326 g/mol. The van der Waals surface area contributed by atoms with E-state index in [4.69, 9.17) is 0 Å². The number of nitrogens with zero attached hydrogens (tertiary/aromatic N) is 3. The molecular formula is C21H21N3O2. The number of hydrogen-bond acceptors (Lipinski definition) is 4. The van der Waals surface area contributed by atoms with Gasteiger partial charge in [-0.1, -0.05) is 48.5 Å². The molecule has 4 rings (SSSR count). The fraction of sp³-hybridized carbons (Fsp3) is 0.238. The van der Waals surface area contributed by atoms with Crippen LogP contribution in [0, 0.1) is 10.1 Å². The highest BCUT2D eigenvalue weighted by atomic mass is 16.6. The Morgan fingerprint density at radius 2 is 1.27 bits per heavy atom. The lowest BCUT2D eigenvalue weighted by atomic mass is 9.83. The molecule has 2 heterocycles. The van der Waals surface area contributed by atoms with Gasteiger partial charge in [0.15, 0.2) is 0 Å². The molecule has 0 unspecified atom stereocenters. The maximum absolute atomic E-state index is 12.3. The first-order valence-corrected chi connectivity index (χ1v) is 8.69. The molecule has 0 fully saturated rings. The molecule has 2 atom stereocenters. The van der Waals surface area contributed by atoms with Gasteiger partial charge in [-0.25, -0.2) is 0 Å². The highest BCUT2D eigenvalue weighted by molar-refractivity contribution is 5.59. The Morgan fingerprint density at radius 3 is 1.69 bits per heavy atom. The maximum Gasteiger partial charge on any atom is 0.261 e. The molecule has 0 aromatic heterocycles. The van der Waals surface area contributed by atoms with Gasteiger partial charge in [-0.3, -0.25) is 10.1 Å². The van der Waals surface area contributed by atoms with Gasteiger partial charge in [-0.2, -0.15) is 0 Å². The van der Waals surface area contributed by atoms with Gasteiger partial charge in [0, 0.05) is 31.4 Å². The number of likely N-dealkylation sites (N-methyl/N-ethyl adjacent to an activating group) is 2.